The summed E-state index contributed by atoms with van der Waals surface area (Å²) in [4.78, 5) is 0. The zero-order valence-corrected chi connectivity index (χ0v) is 16.7. The van der Waals surface area contributed by atoms with Crippen molar-refractivity contribution in [2.24, 2.45) is 0 Å². The third-order valence-electron chi connectivity index (χ3n) is 4.25. The number of hydrogen-bond donors (Lipinski definition) is 0. The summed E-state index contributed by atoms with van der Waals surface area (Å²) in [5, 5.41) is 0. The molecule has 0 aliphatic carbocycles. The molecule has 2 rings (SSSR count). The van der Waals surface area contributed by atoms with E-state index in [1.165, 1.54) is 32.1 Å². The Labute approximate surface area is 165 Å². The van der Waals surface area contributed by atoms with Crippen molar-refractivity contribution in [1.82, 2.24) is 0 Å². The van der Waals surface area contributed by atoms with Crippen LogP contribution in [0.3, 0.4) is 0 Å². The number of ether oxygens (including phenoxy) is 1. The van der Waals surface area contributed by atoms with E-state index in [0.717, 1.165) is 41.9 Å². The molecule has 0 saturated carbocycles. The van der Waals surface area contributed by atoms with E-state index in [0.29, 0.717) is 0 Å². The minimum atomic E-state index is 0.790. The molecular formula is C26H30O. The first-order valence-corrected chi connectivity index (χ1v) is 10.2. The summed E-state index contributed by atoms with van der Waals surface area (Å²) in [5.74, 6) is 13.8. The molecule has 0 atom stereocenters. The number of rotatable bonds is 8. The average Bonchev–Trinajstić information content (AvgIpc) is 2.71. The molecule has 0 aliphatic heterocycles. The molecule has 1 nitrogen and oxygen atoms in total. The smallest absolute Gasteiger partial charge is 0.119 e. The number of hydrogen-bond acceptors (Lipinski definition) is 1. The minimum Gasteiger partial charge on any atom is -0.494 e. The van der Waals surface area contributed by atoms with Crippen molar-refractivity contribution in [3.63, 3.8) is 0 Å². The molecule has 0 fully saturated rings. The molecule has 0 aromatic heterocycles. The molecule has 0 bridgehead atoms. The fourth-order valence-electron chi connectivity index (χ4n) is 2.56. The zero-order valence-electron chi connectivity index (χ0n) is 16.7. The number of benzene rings is 2. The summed E-state index contributed by atoms with van der Waals surface area (Å²) < 4.78 is 5.77. The summed E-state index contributed by atoms with van der Waals surface area (Å²) in [7, 11) is 0. The third-order valence-corrected chi connectivity index (χ3v) is 4.25. The lowest BCUT2D eigenvalue weighted by molar-refractivity contribution is 0.305. The van der Waals surface area contributed by atoms with Crippen molar-refractivity contribution in [3.05, 3.63) is 65.2 Å². The Morgan fingerprint density at radius 2 is 1.19 bits per heavy atom. The molecule has 0 radical (unpaired) electrons. The second kappa shape index (κ2) is 12.7. The summed E-state index contributed by atoms with van der Waals surface area (Å²) in [6.07, 6.45) is 8.22. The molecule has 0 saturated heterocycles. The van der Waals surface area contributed by atoms with Crippen LogP contribution in [-0.4, -0.2) is 6.61 Å². The molecule has 0 heterocycles. The van der Waals surface area contributed by atoms with Crippen molar-refractivity contribution in [3.8, 4) is 29.4 Å². The van der Waals surface area contributed by atoms with E-state index >= 15 is 0 Å². The lowest BCUT2D eigenvalue weighted by Gasteiger charge is -2.05. The van der Waals surface area contributed by atoms with Gasteiger partial charge in [0.2, 0.25) is 0 Å². The van der Waals surface area contributed by atoms with E-state index < -0.39 is 0 Å². The van der Waals surface area contributed by atoms with Crippen LogP contribution in [0.15, 0.2) is 48.5 Å². The van der Waals surface area contributed by atoms with Crippen molar-refractivity contribution >= 4 is 0 Å². The predicted octanol–water partition coefficient (Wildman–Crippen LogP) is 6.59. The van der Waals surface area contributed by atoms with Gasteiger partial charge in [0.25, 0.3) is 0 Å². The van der Waals surface area contributed by atoms with E-state index in [9.17, 15) is 0 Å². The molecule has 140 valence electrons. The van der Waals surface area contributed by atoms with Crippen LogP contribution in [0.2, 0.25) is 0 Å². The van der Waals surface area contributed by atoms with Crippen LogP contribution in [0.4, 0.5) is 0 Å². The molecule has 27 heavy (non-hydrogen) atoms. The molecule has 0 spiro atoms. The second-order valence-corrected chi connectivity index (χ2v) is 6.67. The van der Waals surface area contributed by atoms with Crippen LogP contribution >= 0.6 is 0 Å². The SMILES string of the molecule is CCCCC#Cc1ccc(C#Cc2ccc(OCCCCCC)cc2)cc1. The van der Waals surface area contributed by atoms with Crippen LogP contribution in [0, 0.1) is 23.7 Å². The van der Waals surface area contributed by atoms with Crippen molar-refractivity contribution < 1.29 is 4.74 Å². The molecule has 0 aliphatic rings. The van der Waals surface area contributed by atoms with Crippen molar-refractivity contribution in [1.29, 1.82) is 0 Å². The maximum absolute atomic E-state index is 5.77. The van der Waals surface area contributed by atoms with Gasteiger partial charge in [-0.05, 0) is 61.4 Å². The first kappa shape index (κ1) is 20.7. The normalized spacial score (nSPS) is 9.70. The largest absolute Gasteiger partial charge is 0.494 e. The minimum absolute atomic E-state index is 0.790. The Morgan fingerprint density at radius 1 is 0.630 bits per heavy atom. The van der Waals surface area contributed by atoms with Crippen molar-refractivity contribution in [2.45, 2.75) is 58.8 Å². The molecule has 1 heteroatoms. The van der Waals surface area contributed by atoms with Gasteiger partial charge in [-0.15, -0.1) is 0 Å². The summed E-state index contributed by atoms with van der Waals surface area (Å²) in [5.41, 5.74) is 3.05. The lowest BCUT2D eigenvalue weighted by Crippen LogP contribution is -1.96. The standard InChI is InChI=1S/C26H30O/c1-3-5-7-9-11-23-12-14-24(15-13-23)16-17-25-18-20-26(21-19-25)27-22-10-8-6-4-2/h12-15,18-21H,3-8,10,22H2,1-2H3. The van der Waals surface area contributed by atoms with Crippen molar-refractivity contribution in [2.75, 3.05) is 6.61 Å². The van der Waals surface area contributed by atoms with Crippen LogP contribution < -0.4 is 4.74 Å². The number of unbranched alkanes of at least 4 members (excludes halogenated alkanes) is 5. The predicted molar refractivity (Wildman–Crippen MR) is 115 cm³/mol. The molecule has 0 unspecified atom stereocenters. The molecule has 2 aromatic rings. The summed E-state index contributed by atoms with van der Waals surface area (Å²) in [6.45, 7) is 5.20. The van der Waals surface area contributed by atoms with Gasteiger partial charge in [-0.2, -0.15) is 0 Å². The first-order valence-electron chi connectivity index (χ1n) is 10.2. The Hall–Kier alpha value is -2.64. The molecular weight excluding hydrogens is 328 g/mol. The van der Waals surface area contributed by atoms with Crippen LogP contribution in [0.25, 0.3) is 0 Å². The molecule has 0 N–H and O–H groups in total. The Balaban J connectivity index is 1.84. The van der Waals surface area contributed by atoms with Gasteiger partial charge in [0.1, 0.15) is 5.75 Å². The maximum atomic E-state index is 5.77. The molecule has 0 amide bonds. The third kappa shape index (κ3) is 8.52. The van der Waals surface area contributed by atoms with E-state index in [1.54, 1.807) is 0 Å². The van der Waals surface area contributed by atoms with Gasteiger partial charge in [0.15, 0.2) is 0 Å². The van der Waals surface area contributed by atoms with Crippen LogP contribution in [0.1, 0.15) is 75.5 Å². The van der Waals surface area contributed by atoms with Crippen LogP contribution in [-0.2, 0) is 0 Å². The summed E-state index contributed by atoms with van der Waals surface area (Å²) in [6, 6.07) is 16.2. The first-order chi connectivity index (χ1) is 13.3. The van der Waals surface area contributed by atoms with Gasteiger partial charge in [0.05, 0.1) is 6.61 Å². The fourth-order valence-corrected chi connectivity index (χ4v) is 2.56. The van der Waals surface area contributed by atoms with Gasteiger partial charge < -0.3 is 4.74 Å². The van der Waals surface area contributed by atoms with Gasteiger partial charge in [-0.25, -0.2) is 0 Å². The van der Waals surface area contributed by atoms with E-state index in [4.69, 9.17) is 4.74 Å². The Bertz CT molecular complexity index is 777. The monoisotopic (exact) mass is 358 g/mol. The zero-order chi connectivity index (χ0) is 19.2. The highest BCUT2D eigenvalue weighted by molar-refractivity contribution is 5.46. The summed E-state index contributed by atoms with van der Waals surface area (Å²) >= 11 is 0. The lowest BCUT2D eigenvalue weighted by atomic mass is 10.1. The van der Waals surface area contributed by atoms with E-state index in [2.05, 4.69) is 37.5 Å². The van der Waals surface area contributed by atoms with Gasteiger partial charge >= 0.3 is 0 Å². The van der Waals surface area contributed by atoms with E-state index in [-0.39, 0.29) is 0 Å². The van der Waals surface area contributed by atoms with Gasteiger partial charge in [-0.3, -0.25) is 0 Å². The van der Waals surface area contributed by atoms with Gasteiger partial charge in [0, 0.05) is 23.1 Å². The average molecular weight is 359 g/mol. The Kier molecular flexibility index (Phi) is 9.70. The van der Waals surface area contributed by atoms with Gasteiger partial charge in [-0.1, -0.05) is 63.2 Å². The topological polar surface area (TPSA) is 9.23 Å². The Morgan fingerprint density at radius 3 is 1.78 bits per heavy atom. The quantitative estimate of drug-likeness (QED) is 0.382. The highest BCUT2D eigenvalue weighted by Gasteiger charge is 1.95. The second-order valence-electron chi connectivity index (χ2n) is 6.67. The highest BCUT2D eigenvalue weighted by Crippen LogP contribution is 2.13. The highest BCUT2D eigenvalue weighted by atomic mass is 16.5. The molecule has 2 aromatic carbocycles. The fraction of sp³-hybridized carbons (Fsp3) is 0.385. The van der Waals surface area contributed by atoms with E-state index in [1.807, 2.05) is 48.5 Å². The van der Waals surface area contributed by atoms with Crippen LogP contribution in [0.5, 0.6) is 5.75 Å². The maximum Gasteiger partial charge on any atom is 0.119 e.